The van der Waals surface area contributed by atoms with Gasteiger partial charge in [-0.3, -0.25) is 9.59 Å². The normalized spacial score (nSPS) is 11.2. The lowest BCUT2D eigenvalue weighted by Gasteiger charge is -2.26. The van der Waals surface area contributed by atoms with Gasteiger partial charge in [-0.2, -0.15) is 0 Å². The molecule has 1 rings (SSSR count). The second kappa shape index (κ2) is 6.60. The highest BCUT2D eigenvalue weighted by Crippen LogP contribution is 2.33. The highest BCUT2D eigenvalue weighted by atomic mass is 35.5. The highest BCUT2D eigenvalue weighted by Gasteiger charge is 2.41. The summed E-state index contributed by atoms with van der Waals surface area (Å²) in [4.78, 5) is 23.8. The summed E-state index contributed by atoms with van der Waals surface area (Å²) in [6, 6.07) is 4.70. The Balaban J connectivity index is 3.03. The number of rotatable bonds is 5. The molecule has 19 heavy (non-hydrogen) atoms. The molecule has 0 aliphatic heterocycles. The zero-order valence-electron chi connectivity index (χ0n) is 10.6. The smallest absolute Gasteiger partial charge is 0.239 e. The Hall–Kier alpha value is -0.770. The van der Waals surface area contributed by atoms with Crippen molar-refractivity contribution in [2.24, 2.45) is 5.41 Å². The van der Waals surface area contributed by atoms with Crippen LogP contribution in [-0.2, 0) is 9.59 Å². The van der Waals surface area contributed by atoms with Crippen LogP contribution >= 0.6 is 34.8 Å². The van der Waals surface area contributed by atoms with Crippen LogP contribution in [0.1, 0.15) is 26.7 Å². The van der Waals surface area contributed by atoms with E-state index in [1.54, 1.807) is 26.0 Å². The molecule has 1 N–H and O–H groups in total. The summed E-state index contributed by atoms with van der Waals surface area (Å²) in [6.07, 6.45) is 0.645. The standard InChI is InChI=1S/C13H14Cl3NO2/c1-3-13(4-2,11(16)18)12(19)17-10-6-5-8(14)7-9(10)15/h5-7H,3-4H2,1-2H3,(H,17,19). The van der Waals surface area contributed by atoms with Crippen LogP contribution in [0, 0.1) is 5.41 Å². The number of nitrogens with one attached hydrogen (secondary N) is 1. The number of anilines is 1. The molecule has 0 bridgehead atoms. The maximum atomic E-state index is 12.3. The first-order chi connectivity index (χ1) is 8.87. The van der Waals surface area contributed by atoms with Crippen molar-refractivity contribution in [2.75, 3.05) is 5.32 Å². The highest BCUT2D eigenvalue weighted by molar-refractivity contribution is 6.66. The number of hydrogen-bond acceptors (Lipinski definition) is 2. The number of carbonyl (C=O) groups excluding carboxylic acids is 2. The zero-order chi connectivity index (χ0) is 14.6. The Morgan fingerprint density at radius 1 is 1.21 bits per heavy atom. The molecule has 104 valence electrons. The van der Waals surface area contributed by atoms with E-state index >= 15 is 0 Å². The predicted octanol–water partition coefficient (Wildman–Crippen LogP) is 4.50. The lowest BCUT2D eigenvalue weighted by molar-refractivity contribution is -0.134. The molecular formula is C13H14Cl3NO2. The summed E-state index contributed by atoms with van der Waals surface area (Å²) in [7, 11) is 0. The summed E-state index contributed by atoms with van der Waals surface area (Å²) in [6.45, 7) is 3.49. The van der Waals surface area contributed by atoms with Crippen LogP contribution in [0.2, 0.25) is 10.0 Å². The van der Waals surface area contributed by atoms with Gasteiger partial charge in [-0.15, -0.1) is 0 Å². The van der Waals surface area contributed by atoms with E-state index in [-0.39, 0.29) is 0 Å². The van der Waals surface area contributed by atoms with E-state index in [0.717, 1.165) is 0 Å². The second-order valence-corrected chi connectivity index (χ2v) is 5.33. The molecule has 0 saturated carbocycles. The third kappa shape index (κ3) is 3.41. The first kappa shape index (κ1) is 16.3. The molecule has 0 atom stereocenters. The maximum Gasteiger partial charge on any atom is 0.239 e. The van der Waals surface area contributed by atoms with Crippen molar-refractivity contribution in [1.82, 2.24) is 0 Å². The average molecular weight is 323 g/mol. The van der Waals surface area contributed by atoms with Crippen molar-refractivity contribution >= 4 is 51.6 Å². The molecule has 0 aliphatic carbocycles. The van der Waals surface area contributed by atoms with Crippen molar-refractivity contribution < 1.29 is 9.59 Å². The van der Waals surface area contributed by atoms with Gasteiger partial charge in [0.05, 0.1) is 10.7 Å². The van der Waals surface area contributed by atoms with Gasteiger partial charge in [-0.25, -0.2) is 0 Å². The van der Waals surface area contributed by atoms with Gasteiger partial charge in [0.25, 0.3) is 0 Å². The van der Waals surface area contributed by atoms with Gasteiger partial charge in [0, 0.05) is 5.02 Å². The molecule has 0 unspecified atom stereocenters. The second-order valence-electron chi connectivity index (χ2n) is 4.14. The minimum Gasteiger partial charge on any atom is -0.324 e. The van der Waals surface area contributed by atoms with E-state index in [1.807, 2.05) is 0 Å². The molecule has 1 aromatic carbocycles. The number of benzene rings is 1. The minimum atomic E-state index is -1.23. The number of halogens is 3. The molecule has 0 radical (unpaired) electrons. The third-order valence-corrected chi connectivity index (χ3v) is 4.11. The van der Waals surface area contributed by atoms with Crippen LogP contribution < -0.4 is 5.32 Å². The van der Waals surface area contributed by atoms with Gasteiger partial charge in [0.15, 0.2) is 0 Å². The van der Waals surface area contributed by atoms with E-state index < -0.39 is 16.6 Å². The monoisotopic (exact) mass is 321 g/mol. The van der Waals surface area contributed by atoms with Gasteiger partial charge < -0.3 is 5.32 Å². The number of hydrogen-bond donors (Lipinski definition) is 1. The van der Waals surface area contributed by atoms with Crippen LogP contribution in [0.5, 0.6) is 0 Å². The Morgan fingerprint density at radius 3 is 2.21 bits per heavy atom. The fourth-order valence-electron chi connectivity index (χ4n) is 1.77. The Morgan fingerprint density at radius 2 is 1.79 bits per heavy atom. The molecule has 6 heteroatoms. The van der Waals surface area contributed by atoms with Crippen LogP contribution in [0.3, 0.4) is 0 Å². The average Bonchev–Trinajstić information content (AvgIpc) is 2.34. The largest absolute Gasteiger partial charge is 0.324 e. The molecule has 0 heterocycles. The van der Waals surface area contributed by atoms with Gasteiger partial charge in [0.1, 0.15) is 5.41 Å². The molecule has 0 aliphatic rings. The Kier molecular flexibility index (Phi) is 5.65. The lowest BCUT2D eigenvalue weighted by Crippen LogP contribution is -2.40. The van der Waals surface area contributed by atoms with E-state index in [1.165, 1.54) is 6.07 Å². The summed E-state index contributed by atoms with van der Waals surface area (Å²) in [5.41, 5.74) is -0.829. The summed E-state index contributed by atoms with van der Waals surface area (Å²) in [5, 5.41) is 2.74. The maximum absolute atomic E-state index is 12.3. The van der Waals surface area contributed by atoms with Crippen molar-refractivity contribution in [2.45, 2.75) is 26.7 Å². The topological polar surface area (TPSA) is 46.2 Å². The predicted molar refractivity (Wildman–Crippen MR) is 79.0 cm³/mol. The quantitative estimate of drug-likeness (QED) is 0.640. The van der Waals surface area contributed by atoms with E-state index in [0.29, 0.717) is 28.6 Å². The van der Waals surface area contributed by atoms with Crippen LogP contribution in [0.15, 0.2) is 18.2 Å². The van der Waals surface area contributed by atoms with Gasteiger partial charge >= 0.3 is 0 Å². The summed E-state index contributed by atoms with van der Waals surface area (Å²) < 4.78 is 0. The van der Waals surface area contributed by atoms with Gasteiger partial charge in [0.2, 0.25) is 11.1 Å². The number of amides is 1. The van der Waals surface area contributed by atoms with Crippen LogP contribution in [0.25, 0.3) is 0 Å². The van der Waals surface area contributed by atoms with E-state index in [4.69, 9.17) is 34.8 Å². The van der Waals surface area contributed by atoms with E-state index in [9.17, 15) is 9.59 Å². The zero-order valence-corrected chi connectivity index (χ0v) is 12.9. The molecule has 3 nitrogen and oxygen atoms in total. The molecule has 0 fully saturated rings. The van der Waals surface area contributed by atoms with Crippen molar-refractivity contribution in [3.05, 3.63) is 28.2 Å². The summed E-state index contributed by atoms with van der Waals surface area (Å²) >= 11 is 17.3. The fraction of sp³-hybridized carbons (Fsp3) is 0.385. The van der Waals surface area contributed by atoms with Crippen LogP contribution in [-0.4, -0.2) is 11.1 Å². The third-order valence-electron chi connectivity index (χ3n) is 3.20. The Labute approximate surface area is 127 Å². The van der Waals surface area contributed by atoms with Gasteiger partial charge in [-0.1, -0.05) is 37.0 Å². The molecule has 0 spiro atoms. The fourth-order valence-corrected chi connectivity index (χ4v) is 2.58. The Bertz CT molecular complexity index is 499. The van der Waals surface area contributed by atoms with Gasteiger partial charge in [-0.05, 0) is 42.6 Å². The van der Waals surface area contributed by atoms with E-state index in [2.05, 4.69) is 5.32 Å². The first-order valence-corrected chi connectivity index (χ1v) is 6.97. The molecule has 1 amide bonds. The molecular weight excluding hydrogens is 309 g/mol. The number of carbonyl (C=O) groups is 2. The van der Waals surface area contributed by atoms with Crippen molar-refractivity contribution in [3.63, 3.8) is 0 Å². The molecule has 0 saturated heterocycles. The first-order valence-electron chi connectivity index (χ1n) is 5.83. The molecule has 0 aromatic heterocycles. The minimum absolute atomic E-state index is 0.309. The van der Waals surface area contributed by atoms with Crippen molar-refractivity contribution in [1.29, 1.82) is 0 Å². The lowest BCUT2D eigenvalue weighted by atomic mass is 9.82. The molecule has 1 aromatic rings. The SMILES string of the molecule is CCC(CC)(C(=O)Cl)C(=O)Nc1ccc(Cl)cc1Cl. The van der Waals surface area contributed by atoms with Crippen molar-refractivity contribution in [3.8, 4) is 0 Å². The van der Waals surface area contributed by atoms with Crippen LogP contribution in [0.4, 0.5) is 5.69 Å². The summed E-state index contributed by atoms with van der Waals surface area (Å²) in [5.74, 6) is -0.457.